The van der Waals surface area contributed by atoms with Crippen LogP contribution in [0, 0.1) is 27.7 Å². The summed E-state index contributed by atoms with van der Waals surface area (Å²) in [5.41, 5.74) is 71.7. The molecule has 0 aliphatic carbocycles. The average molecular weight is 1040 g/mol. The predicted octanol–water partition coefficient (Wildman–Crippen LogP) is 8.59. The van der Waals surface area contributed by atoms with E-state index in [-0.39, 0.29) is 0 Å². The molecule has 0 aromatic heterocycles. The topological polar surface area (TPSA) is 256 Å². The second-order valence-corrected chi connectivity index (χ2v) is 20.0. The summed E-state index contributed by atoms with van der Waals surface area (Å²) in [7, 11) is 3.39. The Morgan fingerprint density at radius 2 is 0.636 bits per heavy atom. The first-order valence-electron chi connectivity index (χ1n) is 27.2. The van der Waals surface area contributed by atoms with Crippen LogP contribution in [-0.4, -0.2) is 71.7 Å². The van der Waals surface area contributed by atoms with Crippen LogP contribution in [0.4, 0.5) is 0 Å². The smallest absolute Gasteiger partial charge is 0.126 e. The van der Waals surface area contributed by atoms with Crippen LogP contribution in [0.25, 0.3) is 44.5 Å². The van der Waals surface area contributed by atoms with Gasteiger partial charge in [0, 0.05) is 0 Å². The maximum atomic E-state index is 10.7. The van der Waals surface area contributed by atoms with Crippen molar-refractivity contribution in [2.75, 3.05) is 66.6 Å². The van der Waals surface area contributed by atoms with Gasteiger partial charge in [0.05, 0.1) is 14.2 Å². The monoisotopic (exact) mass is 1040 g/mol. The molecular formula is C65H86N8O4. The Morgan fingerprint density at radius 3 is 0.948 bits per heavy atom. The molecular weight excluding hydrogens is 957 g/mol. The summed E-state index contributed by atoms with van der Waals surface area (Å²) in [6.45, 7) is 13.4. The Balaban J connectivity index is 0.000000254. The van der Waals surface area contributed by atoms with Gasteiger partial charge in [-0.25, -0.2) is 0 Å². The maximum absolute atomic E-state index is 10.7. The minimum atomic E-state index is 0.313. The molecule has 77 heavy (non-hydrogen) atoms. The van der Waals surface area contributed by atoms with E-state index < -0.39 is 0 Å². The van der Waals surface area contributed by atoms with Gasteiger partial charge >= 0.3 is 0 Å². The molecule has 7 aromatic rings. The van der Waals surface area contributed by atoms with E-state index in [2.05, 4.69) is 113 Å². The van der Waals surface area contributed by atoms with Gasteiger partial charge in [0.2, 0.25) is 0 Å². The van der Waals surface area contributed by atoms with Crippen molar-refractivity contribution >= 4 is 0 Å². The molecule has 0 aliphatic rings. The first kappa shape index (κ1) is 59.7. The molecule has 0 spiro atoms. The summed E-state index contributed by atoms with van der Waals surface area (Å²) in [6.07, 6.45) is 5.72. The van der Waals surface area contributed by atoms with Crippen molar-refractivity contribution in [3.63, 3.8) is 0 Å². The number of rotatable bonds is 25. The van der Waals surface area contributed by atoms with Gasteiger partial charge in [-0.15, -0.1) is 0 Å². The number of hydrogen-bond acceptors (Lipinski definition) is 12. The number of phenols is 1. The molecule has 7 rings (SSSR count). The molecule has 0 fully saturated rings. The van der Waals surface area contributed by atoms with Crippen LogP contribution in [0.5, 0.6) is 23.0 Å². The molecule has 0 saturated carbocycles. The van der Waals surface area contributed by atoms with Gasteiger partial charge in [-0.1, -0.05) is 54.6 Å². The molecule has 17 N–H and O–H groups in total. The van der Waals surface area contributed by atoms with Crippen molar-refractivity contribution in [3.05, 3.63) is 175 Å². The summed E-state index contributed by atoms with van der Waals surface area (Å²) in [6, 6.07) is 36.3. The number of aromatic hydroxyl groups is 1. The normalized spacial score (nSPS) is 11.1. The first-order chi connectivity index (χ1) is 37.3. The Morgan fingerprint density at radius 1 is 0.351 bits per heavy atom. The van der Waals surface area contributed by atoms with Crippen molar-refractivity contribution in [2.24, 2.45) is 45.9 Å². The van der Waals surface area contributed by atoms with Crippen LogP contribution >= 0.6 is 0 Å². The van der Waals surface area contributed by atoms with Crippen LogP contribution in [0.3, 0.4) is 0 Å². The van der Waals surface area contributed by atoms with Gasteiger partial charge in [0.25, 0.3) is 0 Å². The quantitative estimate of drug-likeness (QED) is 0.0261. The fourth-order valence-corrected chi connectivity index (χ4v) is 11.1. The Kier molecular flexibility index (Phi) is 22.7. The van der Waals surface area contributed by atoms with E-state index >= 15 is 0 Å². The highest BCUT2D eigenvalue weighted by molar-refractivity contribution is 5.82. The summed E-state index contributed by atoms with van der Waals surface area (Å²) in [4.78, 5) is 0. The van der Waals surface area contributed by atoms with E-state index in [1.54, 1.807) is 14.2 Å². The number of aryl methyl sites for hydroxylation is 4. The van der Waals surface area contributed by atoms with E-state index in [4.69, 9.17) is 60.1 Å². The van der Waals surface area contributed by atoms with Crippen LogP contribution in [0.15, 0.2) is 103 Å². The van der Waals surface area contributed by atoms with E-state index in [9.17, 15) is 5.11 Å². The Bertz CT molecular complexity index is 2910. The van der Waals surface area contributed by atoms with Crippen molar-refractivity contribution in [1.82, 2.24) is 0 Å². The van der Waals surface area contributed by atoms with Crippen LogP contribution in [0.1, 0.15) is 72.3 Å². The lowest BCUT2D eigenvalue weighted by atomic mass is 9.85. The van der Waals surface area contributed by atoms with E-state index in [1.165, 1.54) is 61.2 Å². The Labute approximate surface area is 458 Å². The number of ether oxygens (including phenoxy) is 3. The van der Waals surface area contributed by atoms with Crippen molar-refractivity contribution < 1.29 is 19.3 Å². The number of nitrogens with two attached hydrogens (primary N) is 8. The molecule has 410 valence electrons. The molecule has 12 nitrogen and oxygen atoms in total. The number of methoxy groups -OCH3 is 2. The van der Waals surface area contributed by atoms with E-state index in [1.807, 2.05) is 18.2 Å². The van der Waals surface area contributed by atoms with Crippen molar-refractivity contribution in [1.29, 1.82) is 0 Å². The molecule has 0 bridgehead atoms. The number of hydrogen-bond donors (Lipinski definition) is 9. The minimum absolute atomic E-state index is 0.313. The summed E-state index contributed by atoms with van der Waals surface area (Å²) >= 11 is 0. The molecule has 0 radical (unpaired) electrons. The molecule has 0 unspecified atom stereocenters. The van der Waals surface area contributed by atoms with Gasteiger partial charge in [-0.2, -0.15) is 0 Å². The largest absolute Gasteiger partial charge is 0.507 e. The predicted molar refractivity (Wildman–Crippen MR) is 321 cm³/mol. The zero-order chi connectivity index (χ0) is 55.6. The molecule has 0 heterocycles. The van der Waals surface area contributed by atoms with E-state index in [0.29, 0.717) is 77.6 Å². The SMILES string of the molecule is COc1cc(CCN)c(-c2cc(C)c(-c3cc(CCN)c(O)c(CCN)c3)c(C)c2)c(CCN)c1.COc1cc(CCN)c(-c2cc(C)c(-c3cc(CCN)c(OCc4ccccc4)c(CCN)c3)c(C)c2)c(CCN)c1. The zero-order valence-electron chi connectivity index (χ0n) is 46.6. The first-order valence-corrected chi connectivity index (χ1v) is 27.2. The molecule has 0 aliphatic heterocycles. The third-order valence-electron chi connectivity index (χ3n) is 14.3. The summed E-state index contributed by atoms with van der Waals surface area (Å²) in [5.74, 6) is 2.88. The summed E-state index contributed by atoms with van der Waals surface area (Å²) in [5, 5.41) is 10.7. The molecule has 0 atom stereocenters. The fraction of sp³-hybridized carbons (Fsp3) is 0.354. The Hall–Kier alpha value is -6.58. The lowest BCUT2D eigenvalue weighted by Gasteiger charge is -2.22. The van der Waals surface area contributed by atoms with Crippen molar-refractivity contribution in [3.8, 4) is 67.5 Å². The van der Waals surface area contributed by atoms with Gasteiger partial charge in [0.1, 0.15) is 29.6 Å². The second kappa shape index (κ2) is 29.2. The van der Waals surface area contributed by atoms with Gasteiger partial charge in [0.15, 0.2) is 0 Å². The lowest BCUT2D eigenvalue weighted by molar-refractivity contribution is 0.300. The highest BCUT2D eigenvalue weighted by atomic mass is 16.5. The molecule has 0 saturated heterocycles. The molecule has 7 aromatic carbocycles. The molecule has 0 amide bonds. The highest BCUT2D eigenvalue weighted by Gasteiger charge is 2.21. The van der Waals surface area contributed by atoms with Gasteiger partial charge in [-0.3, -0.25) is 0 Å². The second-order valence-electron chi connectivity index (χ2n) is 20.0. The zero-order valence-corrected chi connectivity index (χ0v) is 46.6. The maximum Gasteiger partial charge on any atom is 0.126 e. The van der Waals surface area contributed by atoms with Crippen LogP contribution in [-0.2, 0) is 58.0 Å². The van der Waals surface area contributed by atoms with Crippen LogP contribution < -0.4 is 60.1 Å². The van der Waals surface area contributed by atoms with Gasteiger partial charge < -0.3 is 65.2 Å². The third kappa shape index (κ3) is 14.7. The molecule has 12 heteroatoms. The minimum Gasteiger partial charge on any atom is -0.507 e. The van der Waals surface area contributed by atoms with Crippen LogP contribution in [0.2, 0.25) is 0 Å². The number of phenolic OH excluding ortho intramolecular Hbond substituents is 1. The van der Waals surface area contributed by atoms with E-state index in [0.717, 1.165) is 111 Å². The highest BCUT2D eigenvalue weighted by Crippen LogP contribution is 2.42. The third-order valence-corrected chi connectivity index (χ3v) is 14.3. The average Bonchev–Trinajstić information content (AvgIpc) is 3.40. The van der Waals surface area contributed by atoms with Gasteiger partial charge in [-0.05, 0) is 297 Å². The fourth-order valence-electron chi connectivity index (χ4n) is 11.1. The van der Waals surface area contributed by atoms with Crippen molar-refractivity contribution in [2.45, 2.75) is 85.7 Å². The lowest BCUT2D eigenvalue weighted by Crippen LogP contribution is -2.11. The number of benzene rings is 7. The summed E-state index contributed by atoms with van der Waals surface area (Å²) < 4.78 is 17.6. The standard InChI is InChI=1S/C36H46N4O2.C29H40N4O2/c1-24-17-31(35-27(9-13-37)21-33(41-3)22-28(35)10-14-38)18-25(2)34(24)32-19-29(11-15-39)36(30(20-32)12-16-40)42-23-26-7-5-4-6-8-26;1-18-12-24(28-20(4-8-30)16-26(35-3)17-21(28)5-9-31)13-19(2)27(18)25-14-22(6-10-32)29(34)23(15-25)7-11-33/h4-8,17-22H,9-16,23,37-40H2,1-3H3;12-17,34H,4-11,30-33H2,1-3H3.